The molecule has 0 radical (unpaired) electrons. The van der Waals surface area contributed by atoms with Crippen molar-refractivity contribution in [2.24, 2.45) is 11.7 Å². The lowest BCUT2D eigenvalue weighted by Gasteiger charge is -2.34. The van der Waals surface area contributed by atoms with Gasteiger partial charge in [-0.1, -0.05) is 30.7 Å². The molecule has 14 heavy (non-hydrogen) atoms. The van der Waals surface area contributed by atoms with Crippen LogP contribution in [0.3, 0.4) is 0 Å². The molecule has 1 unspecified atom stereocenters. The highest BCUT2D eigenvalue weighted by Gasteiger charge is 2.27. The fourth-order valence-electron chi connectivity index (χ4n) is 2.42. The summed E-state index contributed by atoms with van der Waals surface area (Å²) in [5, 5.41) is 0. The molecule has 0 aliphatic heterocycles. The van der Waals surface area contributed by atoms with Gasteiger partial charge in [0.25, 0.3) is 0 Å². The molecule has 0 heterocycles. The van der Waals surface area contributed by atoms with Crippen molar-refractivity contribution in [3.63, 3.8) is 0 Å². The van der Waals surface area contributed by atoms with Gasteiger partial charge in [0.1, 0.15) is 0 Å². The van der Waals surface area contributed by atoms with E-state index < -0.39 is 0 Å². The summed E-state index contributed by atoms with van der Waals surface area (Å²) in [5.41, 5.74) is 8.75. The second-order valence-electron chi connectivity index (χ2n) is 4.39. The van der Waals surface area contributed by atoms with Gasteiger partial charge in [0.15, 0.2) is 0 Å². The maximum Gasteiger partial charge on any atom is -0.000546 e. The molecule has 0 spiro atoms. The summed E-state index contributed by atoms with van der Waals surface area (Å²) in [4.78, 5) is 0. The third-order valence-corrected chi connectivity index (χ3v) is 3.56. The first-order valence-corrected chi connectivity index (χ1v) is 5.58. The third-order valence-electron chi connectivity index (χ3n) is 3.56. The van der Waals surface area contributed by atoms with Gasteiger partial charge in [-0.3, -0.25) is 0 Å². The van der Waals surface area contributed by atoms with E-state index in [1.54, 1.807) is 0 Å². The average molecular weight is 189 g/mol. The molecule has 1 atom stereocenters. The summed E-state index contributed by atoms with van der Waals surface area (Å²) in [6, 6.07) is 8.67. The Labute approximate surface area is 86.3 Å². The minimum absolute atomic E-state index is 0.602. The average Bonchev–Trinajstić information content (AvgIpc) is 2.12. The highest BCUT2D eigenvalue weighted by molar-refractivity contribution is 5.30. The third kappa shape index (κ3) is 1.69. The largest absolute Gasteiger partial charge is 0.330 e. The second kappa shape index (κ2) is 4.14. The number of hydrogen-bond donors (Lipinski definition) is 1. The van der Waals surface area contributed by atoms with Crippen LogP contribution < -0.4 is 5.73 Å². The van der Waals surface area contributed by atoms with Crippen LogP contribution in [0.2, 0.25) is 0 Å². The molecule has 2 N–H and O–H groups in total. The first-order valence-electron chi connectivity index (χ1n) is 5.58. The zero-order chi connectivity index (χ0) is 9.97. The predicted molar refractivity (Wildman–Crippen MR) is 60.3 cm³/mol. The van der Waals surface area contributed by atoms with E-state index in [2.05, 4.69) is 31.2 Å². The minimum Gasteiger partial charge on any atom is -0.330 e. The molecule has 1 fully saturated rings. The van der Waals surface area contributed by atoms with Crippen molar-refractivity contribution in [2.75, 3.05) is 6.54 Å². The molecule has 1 aliphatic carbocycles. The van der Waals surface area contributed by atoms with Crippen LogP contribution in [0.15, 0.2) is 24.3 Å². The van der Waals surface area contributed by atoms with Gasteiger partial charge in [-0.2, -0.15) is 0 Å². The molecule has 1 aromatic rings. The van der Waals surface area contributed by atoms with Crippen LogP contribution in [0.4, 0.5) is 0 Å². The Kier molecular flexibility index (Phi) is 2.87. The lowest BCUT2D eigenvalue weighted by Crippen LogP contribution is -2.27. The summed E-state index contributed by atoms with van der Waals surface area (Å²) in [6.45, 7) is 2.99. The molecule has 76 valence electrons. The molecular formula is C13H19N. The first kappa shape index (κ1) is 9.72. The summed E-state index contributed by atoms with van der Waals surface area (Å²) >= 11 is 0. The molecule has 1 heteroatoms. The monoisotopic (exact) mass is 189 g/mol. The topological polar surface area (TPSA) is 26.0 Å². The molecule has 0 bridgehead atoms. The smallest absolute Gasteiger partial charge is 0.000546 e. The molecule has 0 saturated heterocycles. The lowest BCUT2D eigenvalue weighted by molar-refractivity contribution is 0.263. The van der Waals surface area contributed by atoms with Crippen LogP contribution in [-0.2, 0) is 0 Å². The number of rotatable bonds is 3. The number of hydrogen-bond acceptors (Lipinski definition) is 1. The van der Waals surface area contributed by atoms with Crippen LogP contribution in [0.5, 0.6) is 0 Å². The van der Waals surface area contributed by atoms with Crippen molar-refractivity contribution in [2.45, 2.75) is 32.1 Å². The minimum atomic E-state index is 0.602. The highest BCUT2D eigenvalue weighted by Crippen LogP contribution is 2.39. The Morgan fingerprint density at radius 1 is 1.36 bits per heavy atom. The maximum absolute atomic E-state index is 5.88. The summed E-state index contributed by atoms with van der Waals surface area (Å²) in [6.07, 6.45) is 4.14. The second-order valence-corrected chi connectivity index (χ2v) is 4.39. The highest BCUT2D eigenvalue weighted by atomic mass is 14.6. The Bertz CT molecular complexity index is 302. The van der Waals surface area contributed by atoms with Gasteiger partial charge in [-0.25, -0.2) is 0 Å². The maximum atomic E-state index is 5.88. The van der Waals surface area contributed by atoms with E-state index in [9.17, 15) is 0 Å². The van der Waals surface area contributed by atoms with Crippen LogP contribution in [0, 0.1) is 12.8 Å². The van der Waals surface area contributed by atoms with Gasteiger partial charge in [0.2, 0.25) is 0 Å². The van der Waals surface area contributed by atoms with Gasteiger partial charge >= 0.3 is 0 Å². The lowest BCUT2D eigenvalue weighted by atomic mass is 9.72. The van der Waals surface area contributed by atoms with Crippen molar-refractivity contribution in [3.8, 4) is 0 Å². The number of aryl methyl sites for hydroxylation is 1. The van der Waals surface area contributed by atoms with Crippen molar-refractivity contribution < 1.29 is 0 Å². The van der Waals surface area contributed by atoms with Gasteiger partial charge < -0.3 is 5.73 Å². The molecule has 0 aromatic heterocycles. The zero-order valence-corrected chi connectivity index (χ0v) is 8.87. The molecule has 1 saturated carbocycles. The Morgan fingerprint density at radius 3 is 2.57 bits per heavy atom. The normalized spacial score (nSPS) is 19.0. The molecular weight excluding hydrogens is 170 g/mol. The quantitative estimate of drug-likeness (QED) is 0.777. The van der Waals surface area contributed by atoms with Gasteiger partial charge in [-0.15, -0.1) is 0 Å². The number of benzene rings is 1. The fourth-order valence-corrected chi connectivity index (χ4v) is 2.42. The first-order chi connectivity index (χ1) is 6.83. The number of nitrogens with two attached hydrogens (primary N) is 1. The van der Waals surface area contributed by atoms with Crippen molar-refractivity contribution in [3.05, 3.63) is 35.4 Å². The molecule has 1 aromatic carbocycles. The van der Waals surface area contributed by atoms with Crippen molar-refractivity contribution >= 4 is 0 Å². The summed E-state index contributed by atoms with van der Waals surface area (Å²) in [5.74, 6) is 1.45. The summed E-state index contributed by atoms with van der Waals surface area (Å²) < 4.78 is 0. The Hall–Kier alpha value is -0.820. The fraction of sp³-hybridized carbons (Fsp3) is 0.538. The Balaban J connectivity index is 2.22. The van der Waals surface area contributed by atoms with E-state index in [0.717, 1.165) is 12.5 Å². The van der Waals surface area contributed by atoms with Crippen molar-refractivity contribution in [1.29, 1.82) is 0 Å². The van der Waals surface area contributed by atoms with Gasteiger partial charge in [0, 0.05) is 0 Å². The SMILES string of the molecule is Cc1ccccc1C(CN)C1CCC1. The van der Waals surface area contributed by atoms with Crippen LogP contribution in [0.1, 0.15) is 36.3 Å². The predicted octanol–water partition coefficient (Wildman–Crippen LogP) is 2.84. The van der Waals surface area contributed by atoms with Crippen LogP contribution >= 0.6 is 0 Å². The van der Waals surface area contributed by atoms with Gasteiger partial charge in [-0.05, 0) is 49.3 Å². The van der Waals surface area contributed by atoms with E-state index in [1.165, 1.54) is 30.4 Å². The standard InChI is InChI=1S/C13H19N/c1-10-5-2-3-8-12(10)13(9-14)11-6-4-7-11/h2-3,5,8,11,13H,4,6-7,9,14H2,1H3. The van der Waals surface area contributed by atoms with E-state index >= 15 is 0 Å². The van der Waals surface area contributed by atoms with Crippen LogP contribution in [-0.4, -0.2) is 6.54 Å². The van der Waals surface area contributed by atoms with E-state index in [1.807, 2.05) is 0 Å². The molecule has 2 rings (SSSR count). The Morgan fingerprint density at radius 2 is 2.07 bits per heavy atom. The van der Waals surface area contributed by atoms with Crippen molar-refractivity contribution in [1.82, 2.24) is 0 Å². The van der Waals surface area contributed by atoms with E-state index in [4.69, 9.17) is 5.73 Å². The zero-order valence-electron chi connectivity index (χ0n) is 8.87. The molecule has 0 amide bonds. The summed E-state index contributed by atoms with van der Waals surface area (Å²) in [7, 11) is 0. The molecule has 1 aliphatic rings. The van der Waals surface area contributed by atoms with Crippen LogP contribution in [0.25, 0.3) is 0 Å². The van der Waals surface area contributed by atoms with Gasteiger partial charge in [0.05, 0.1) is 0 Å². The van der Waals surface area contributed by atoms with E-state index in [0.29, 0.717) is 5.92 Å². The van der Waals surface area contributed by atoms with E-state index in [-0.39, 0.29) is 0 Å². The molecule has 1 nitrogen and oxygen atoms in total.